The van der Waals surface area contributed by atoms with E-state index in [1.807, 2.05) is 0 Å². The van der Waals surface area contributed by atoms with E-state index in [9.17, 15) is 0 Å². The maximum absolute atomic E-state index is 2.35. The summed E-state index contributed by atoms with van der Waals surface area (Å²) in [5.74, 6) is 0. The summed E-state index contributed by atoms with van der Waals surface area (Å²) in [5, 5.41) is 0. The SMILES string of the molecule is CCC[CH2][Sn]([CH2]CC)[CH2]CC. The average molecular weight is 262 g/mol. The van der Waals surface area contributed by atoms with Crippen LogP contribution in [0.4, 0.5) is 0 Å². The monoisotopic (exact) mass is 263 g/mol. The van der Waals surface area contributed by atoms with Crippen LogP contribution in [0, 0.1) is 0 Å². The molecule has 0 aromatic heterocycles. The van der Waals surface area contributed by atoms with Crippen LogP contribution in [0.15, 0.2) is 0 Å². The van der Waals surface area contributed by atoms with Gasteiger partial charge in [-0.15, -0.1) is 0 Å². The van der Waals surface area contributed by atoms with Crippen molar-refractivity contribution in [2.75, 3.05) is 0 Å². The van der Waals surface area contributed by atoms with Crippen molar-refractivity contribution in [3.63, 3.8) is 0 Å². The molecule has 11 heavy (non-hydrogen) atoms. The van der Waals surface area contributed by atoms with Crippen LogP contribution in [0.2, 0.25) is 13.3 Å². The van der Waals surface area contributed by atoms with E-state index in [1.165, 1.54) is 25.7 Å². The molecule has 0 rings (SSSR count). The van der Waals surface area contributed by atoms with Crippen LogP contribution in [-0.4, -0.2) is 19.8 Å². The molecule has 0 amide bonds. The van der Waals surface area contributed by atoms with E-state index in [2.05, 4.69) is 20.8 Å². The normalized spacial score (nSPS) is 10.9. The maximum atomic E-state index is 2.35. The molecule has 0 N–H and O–H groups in total. The Hall–Kier alpha value is 0.799. The van der Waals surface area contributed by atoms with Crippen LogP contribution in [0.3, 0.4) is 0 Å². The molecule has 0 aliphatic carbocycles. The molecule has 0 saturated carbocycles. The molecule has 0 nitrogen and oxygen atoms in total. The molecule has 67 valence electrons. The fourth-order valence-electron chi connectivity index (χ4n) is 1.51. The van der Waals surface area contributed by atoms with Crippen molar-refractivity contribution in [3.05, 3.63) is 0 Å². The summed E-state index contributed by atoms with van der Waals surface area (Å²) in [6, 6.07) is 0. The summed E-state index contributed by atoms with van der Waals surface area (Å²) in [7, 11) is 0. The van der Waals surface area contributed by atoms with Crippen LogP contribution < -0.4 is 0 Å². The third-order valence-corrected chi connectivity index (χ3v) is 12.0. The van der Waals surface area contributed by atoms with Gasteiger partial charge in [0.2, 0.25) is 0 Å². The third-order valence-electron chi connectivity index (χ3n) is 2.09. The molecule has 0 spiro atoms. The second-order valence-corrected chi connectivity index (χ2v) is 11.9. The summed E-state index contributed by atoms with van der Waals surface area (Å²) < 4.78 is 4.96. The Kier molecular flexibility index (Phi) is 9.54. The van der Waals surface area contributed by atoms with E-state index < -0.39 is 19.8 Å². The summed E-state index contributed by atoms with van der Waals surface area (Å²) in [5.41, 5.74) is 0. The number of rotatable bonds is 7. The number of unbranched alkanes of at least 4 members (excludes halogenated alkanes) is 1. The Morgan fingerprint density at radius 2 is 1.27 bits per heavy atom. The van der Waals surface area contributed by atoms with E-state index in [-0.39, 0.29) is 0 Å². The minimum atomic E-state index is -0.785. The van der Waals surface area contributed by atoms with E-state index in [4.69, 9.17) is 0 Å². The van der Waals surface area contributed by atoms with Gasteiger partial charge in [-0.1, -0.05) is 0 Å². The molecule has 0 aromatic carbocycles. The summed E-state index contributed by atoms with van der Waals surface area (Å²) in [6.45, 7) is 7.02. The van der Waals surface area contributed by atoms with Gasteiger partial charge in [-0.05, 0) is 0 Å². The van der Waals surface area contributed by atoms with Crippen molar-refractivity contribution < 1.29 is 0 Å². The summed E-state index contributed by atoms with van der Waals surface area (Å²) >= 11 is -0.785. The molecule has 0 aliphatic rings. The van der Waals surface area contributed by atoms with Crippen molar-refractivity contribution in [1.29, 1.82) is 0 Å². The minimum absolute atomic E-state index is 0.785. The van der Waals surface area contributed by atoms with Gasteiger partial charge in [0.05, 0.1) is 0 Å². The zero-order chi connectivity index (χ0) is 8.53. The molecule has 0 aliphatic heterocycles. The van der Waals surface area contributed by atoms with Crippen LogP contribution >= 0.6 is 0 Å². The molecule has 0 saturated heterocycles. The molecule has 0 heterocycles. The van der Waals surface area contributed by atoms with Gasteiger partial charge in [-0.3, -0.25) is 0 Å². The quantitative estimate of drug-likeness (QED) is 0.606. The average Bonchev–Trinajstić information content (AvgIpc) is 2.01. The zero-order valence-corrected chi connectivity index (χ0v) is 11.3. The fraction of sp³-hybridized carbons (Fsp3) is 1.00. The standard InChI is InChI=1S/C4H9.2C3H7.Sn/c1-3-4-2;2*1-3-2;/h1,3-4H2,2H3;2*1,3H2,2H3;. The van der Waals surface area contributed by atoms with Crippen molar-refractivity contribution in [3.8, 4) is 0 Å². The van der Waals surface area contributed by atoms with Crippen molar-refractivity contribution >= 4 is 19.8 Å². The van der Waals surface area contributed by atoms with Gasteiger partial charge < -0.3 is 0 Å². The van der Waals surface area contributed by atoms with Gasteiger partial charge in [-0.25, -0.2) is 0 Å². The summed E-state index contributed by atoms with van der Waals surface area (Å²) in [6.07, 6.45) is 5.85. The Labute approximate surface area is 79.5 Å². The molecule has 1 radical (unpaired) electrons. The van der Waals surface area contributed by atoms with E-state index in [0.29, 0.717) is 0 Å². The second-order valence-electron chi connectivity index (χ2n) is 3.35. The van der Waals surface area contributed by atoms with Gasteiger partial charge >= 0.3 is 79.5 Å². The Bertz CT molecular complexity index is 65.3. The molecular formula is C10H23Sn. The van der Waals surface area contributed by atoms with Gasteiger partial charge in [-0.2, -0.15) is 0 Å². The van der Waals surface area contributed by atoms with Crippen molar-refractivity contribution in [2.24, 2.45) is 0 Å². The topological polar surface area (TPSA) is 0 Å². The van der Waals surface area contributed by atoms with Crippen LogP contribution in [-0.2, 0) is 0 Å². The van der Waals surface area contributed by atoms with Gasteiger partial charge in [0, 0.05) is 0 Å². The third kappa shape index (κ3) is 7.17. The van der Waals surface area contributed by atoms with Crippen molar-refractivity contribution in [1.82, 2.24) is 0 Å². The van der Waals surface area contributed by atoms with Crippen LogP contribution in [0.1, 0.15) is 46.5 Å². The molecule has 1 heteroatoms. The van der Waals surface area contributed by atoms with Gasteiger partial charge in [0.25, 0.3) is 0 Å². The zero-order valence-electron chi connectivity index (χ0n) is 8.45. The first-order valence-corrected chi connectivity index (χ1v) is 11.2. The van der Waals surface area contributed by atoms with Gasteiger partial charge in [0.1, 0.15) is 0 Å². The predicted octanol–water partition coefficient (Wildman–Crippen LogP) is 4.10. The number of hydrogen-bond donors (Lipinski definition) is 0. The first-order chi connectivity index (χ1) is 5.35. The summed E-state index contributed by atoms with van der Waals surface area (Å²) in [4.78, 5) is 0. The first-order valence-electron chi connectivity index (χ1n) is 5.18. The molecule has 0 bridgehead atoms. The van der Waals surface area contributed by atoms with Crippen LogP contribution in [0.5, 0.6) is 0 Å². The van der Waals surface area contributed by atoms with E-state index in [1.54, 1.807) is 13.3 Å². The van der Waals surface area contributed by atoms with E-state index in [0.717, 1.165) is 0 Å². The molecule has 0 unspecified atom stereocenters. The second kappa shape index (κ2) is 8.89. The Morgan fingerprint density at radius 1 is 0.727 bits per heavy atom. The molecule has 0 fully saturated rings. The van der Waals surface area contributed by atoms with Crippen molar-refractivity contribution in [2.45, 2.75) is 59.8 Å². The Balaban J connectivity index is 3.34. The first kappa shape index (κ1) is 11.8. The Morgan fingerprint density at radius 3 is 1.64 bits per heavy atom. The van der Waals surface area contributed by atoms with Crippen LogP contribution in [0.25, 0.3) is 0 Å². The molecule has 0 atom stereocenters. The van der Waals surface area contributed by atoms with E-state index >= 15 is 0 Å². The molecular weight excluding hydrogens is 239 g/mol. The molecule has 0 aromatic rings. The fourth-order valence-corrected chi connectivity index (χ4v) is 10.1. The number of hydrogen-bond acceptors (Lipinski definition) is 0. The van der Waals surface area contributed by atoms with Gasteiger partial charge in [0.15, 0.2) is 0 Å². The predicted molar refractivity (Wildman–Crippen MR) is 55.7 cm³/mol.